The Morgan fingerprint density at radius 1 is 1.25 bits per heavy atom. The quantitative estimate of drug-likeness (QED) is 0.861. The van der Waals surface area contributed by atoms with E-state index in [-0.39, 0.29) is 0 Å². The summed E-state index contributed by atoms with van der Waals surface area (Å²) in [6, 6.07) is 0. The first-order valence-electron chi connectivity index (χ1n) is 8.07. The molecule has 1 saturated heterocycles. The molecule has 0 spiro atoms. The standard InChI is InChI=1S/C16H28N4/c1-4-6-14-7-10-20(11-8-14)15-13(3)12-18-16(19-15)17-9-5-2/h12,14H,4-11H2,1-3H3,(H,17,18,19). The fourth-order valence-electron chi connectivity index (χ4n) is 2.92. The van der Waals surface area contributed by atoms with Crippen LogP contribution in [0.25, 0.3) is 0 Å². The van der Waals surface area contributed by atoms with Crippen LogP contribution in [0.4, 0.5) is 11.8 Å². The lowest BCUT2D eigenvalue weighted by Gasteiger charge is -2.33. The molecule has 1 aromatic heterocycles. The van der Waals surface area contributed by atoms with Crippen LogP contribution in [0.2, 0.25) is 0 Å². The van der Waals surface area contributed by atoms with E-state index < -0.39 is 0 Å². The molecular formula is C16H28N4. The van der Waals surface area contributed by atoms with Gasteiger partial charge in [0.15, 0.2) is 0 Å². The fraction of sp³-hybridized carbons (Fsp3) is 0.750. The van der Waals surface area contributed by atoms with Gasteiger partial charge < -0.3 is 10.2 Å². The average Bonchev–Trinajstić information content (AvgIpc) is 2.48. The maximum atomic E-state index is 4.71. The second kappa shape index (κ2) is 7.46. The third-order valence-electron chi connectivity index (χ3n) is 4.09. The molecule has 0 amide bonds. The molecule has 0 saturated carbocycles. The van der Waals surface area contributed by atoms with E-state index in [1.807, 2.05) is 6.20 Å². The van der Waals surface area contributed by atoms with E-state index in [0.717, 1.165) is 43.7 Å². The summed E-state index contributed by atoms with van der Waals surface area (Å²) in [5.74, 6) is 2.80. The summed E-state index contributed by atoms with van der Waals surface area (Å²) >= 11 is 0. The SMILES string of the molecule is CCCNc1ncc(C)c(N2CCC(CCC)CC2)n1. The Kier molecular flexibility index (Phi) is 5.62. The lowest BCUT2D eigenvalue weighted by molar-refractivity contribution is 0.377. The molecule has 0 bridgehead atoms. The molecule has 0 atom stereocenters. The van der Waals surface area contributed by atoms with Crippen LogP contribution in [0.1, 0.15) is 51.5 Å². The van der Waals surface area contributed by atoms with E-state index in [4.69, 9.17) is 4.98 Å². The zero-order chi connectivity index (χ0) is 14.4. The van der Waals surface area contributed by atoms with Crippen molar-refractivity contribution in [1.82, 2.24) is 9.97 Å². The molecule has 2 rings (SSSR count). The Bertz CT molecular complexity index is 411. The van der Waals surface area contributed by atoms with Crippen LogP contribution < -0.4 is 10.2 Å². The monoisotopic (exact) mass is 276 g/mol. The van der Waals surface area contributed by atoms with Gasteiger partial charge in [-0.2, -0.15) is 4.98 Å². The summed E-state index contributed by atoms with van der Waals surface area (Å²) in [6.07, 6.45) is 8.32. The molecule has 0 aliphatic carbocycles. The highest BCUT2D eigenvalue weighted by Crippen LogP contribution is 2.27. The van der Waals surface area contributed by atoms with Crippen molar-refractivity contribution >= 4 is 11.8 Å². The lowest BCUT2D eigenvalue weighted by Crippen LogP contribution is -2.34. The minimum absolute atomic E-state index is 0.767. The van der Waals surface area contributed by atoms with Gasteiger partial charge >= 0.3 is 0 Å². The predicted octanol–water partition coefficient (Wildman–Crippen LogP) is 3.62. The topological polar surface area (TPSA) is 41.1 Å². The van der Waals surface area contributed by atoms with E-state index in [2.05, 4.69) is 36.0 Å². The molecular weight excluding hydrogens is 248 g/mol. The van der Waals surface area contributed by atoms with Crippen LogP contribution in [0.5, 0.6) is 0 Å². The van der Waals surface area contributed by atoms with Crippen molar-refractivity contribution in [3.63, 3.8) is 0 Å². The van der Waals surface area contributed by atoms with Gasteiger partial charge in [0.05, 0.1) is 0 Å². The van der Waals surface area contributed by atoms with E-state index in [1.54, 1.807) is 0 Å². The molecule has 1 fully saturated rings. The van der Waals surface area contributed by atoms with Crippen LogP contribution in [0.15, 0.2) is 6.20 Å². The Labute approximate surface area is 123 Å². The first kappa shape index (κ1) is 15.1. The second-order valence-electron chi connectivity index (χ2n) is 5.85. The zero-order valence-electron chi connectivity index (χ0n) is 13.2. The lowest BCUT2D eigenvalue weighted by atomic mass is 9.92. The summed E-state index contributed by atoms with van der Waals surface area (Å²) in [6.45, 7) is 9.75. The zero-order valence-corrected chi connectivity index (χ0v) is 13.2. The van der Waals surface area contributed by atoms with Crippen LogP contribution in [-0.2, 0) is 0 Å². The molecule has 0 unspecified atom stereocenters. The van der Waals surface area contributed by atoms with Gasteiger partial charge in [0.2, 0.25) is 5.95 Å². The summed E-state index contributed by atoms with van der Waals surface area (Å²) in [4.78, 5) is 11.5. The van der Waals surface area contributed by atoms with Gasteiger partial charge in [-0.05, 0) is 32.1 Å². The van der Waals surface area contributed by atoms with Crippen LogP contribution >= 0.6 is 0 Å². The molecule has 4 nitrogen and oxygen atoms in total. The highest BCUT2D eigenvalue weighted by atomic mass is 15.2. The number of rotatable bonds is 6. The van der Waals surface area contributed by atoms with Gasteiger partial charge in [-0.15, -0.1) is 0 Å². The Hall–Kier alpha value is -1.32. The molecule has 4 heteroatoms. The Morgan fingerprint density at radius 2 is 2.00 bits per heavy atom. The number of nitrogens with one attached hydrogen (secondary N) is 1. The number of hydrogen-bond acceptors (Lipinski definition) is 4. The Balaban J connectivity index is 2.01. The van der Waals surface area contributed by atoms with Gasteiger partial charge in [0.1, 0.15) is 5.82 Å². The smallest absolute Gasteiger partial charge is 0.224 e. The number of aromatic nitrogens is 2. The number of aryl methyl sites for hydroxylation is 1. The molecule has 0 aromatic carbocycles. The maximum absolute atomic E-state index is 4.71. The summed E-state index contributed by atoms with van der Waals surface area (Å²) in [5.41, 5.74) is 1.18. The molecule has 1 aliphatic heterocycles. The number of piperidine rings is 1. The van der Waals surface area contributed by atoms with Crippen LogP contribution in [-0.4, -0.2) is 29.6 Å². The van der Waals surface area contributed by atoms with Crippen molar-refractivity contribution in [2.24, 2.45) is 5.92 Å². The van der Waals surface area contributed by atoms with Crippen molar-refractivity contribution < 1.29 is 0 Å². The highest BCUT2D eigenvalue weighted by Gasteiger charge is 2.21. The van der Waals surface area contributed by atoms with Crippen molar-refractivity contribution in [2.45, 2.75) is 52.9 Å². The molecule has 1 aromatic rings. The number of nitrogens with zero attached hydrogens (tertiary/aromatic N) is 3. The summed E-state index contributed by atoms with van der Waals surface area (Å²) in [5, 5.41) is 3.28. The molecule has 20 heavy (non-hydrogen) atoms. The van der Waals surface area contributed by atoms with Crippen molar-refractivity contribution in [1.29, 1.82) is 0 Å². The first-order valence-corrected chi connectivity index (χ1v) is 8.07. The largest absolute Gasteiger partial charge is 0.356 e. The minimum atomic E-state index is 0.767. The van der Waals surface area contributed by atoms with Crippen LogP contribution in [0, 0.1) is 12.8 Å². The summed E-state index contributed by atoms with van der Waals surface area (Å²) in [7, 11) is 0. The first-order chi connectivity index (χ1) is 9.74. The second-order valence-corrected chi connectivity index (χ2v) is 5.85. The molecule has 2 heterocycles. The van der Waals surface area contributed by atoms with Gasteiger partial charge in [0, 0.05) is 31.4 Å². The van der Waals surface area contributed by atoms with Gasteiger partial charge in [-0.25, -0.2) is 4.98 Å². The van der Waals surface area contributed by atoms with Gasteiger partial charge in [0.25, 0.3) is 0 Å². The highest BCUT2D eigenvalue weighted by molar-refractivity contribution is 5.49. The van der Waals surface area contributed by atoms with Crippen molar-refractivity contribution in [3.8, 4) is 0 Å². The molecule has 112 valence electrons. The summed E-state index contributed by atoms with van der Waals surface area (Å²) < 4.78 is 0. The van der Waals surface area contributed by atoms with E-state index >= 15 is 0 Å². The van der Waals surface area contributed by atoms with Crippen molar-refractivity contribution in [3.05, 3.63) is 11.8 Å². The Morgan fingerprint density at radius 3 is 2.65 bits per heavy atom. The molecule has 1 aliphatic rings. The van der Waals surface area contributed by atoms with Crippen molar-refractivity contribution in [2.75, 3.05) is 29.9 Å². The fourth-order valence-corrected chi connectivity index (χ4v) is 2.92. The van der Waals surface area contributed by atoms with E-state index in [9.17, 15) is 0 Å². The third kappa shape index (κ3) is 3.84. The minimum Gasteiger partial charge on any atom is -0.356 e. The third-order valence-corrected chi connectivity index (χ3v) is 4.09. The predicted molar refractivity (Wildman–Crippen MR) is 85.4 cm³/mol. The molecule has 0 radical (unpaired) electrons. The maximum Gasteiger partial charge on any atom is 0.224 e. The number of hydrogen-bond donors (Lipinski definition) is 1. The van der Waals surface area contributed by atoms with Crippen LogP contribution in [0.3, 0.4) is 0 Å². The number of anilines is 2. The van der Waals surface area contributed by atoms with Gasteiger partial charge in [-0.3, -0.25) is 0 Å². The van der Waals surface area contributed by atoms with Gasteiger partial charge in [-0.1, -0.05) is 26.7 Å². The van der Waals surface area contributed by atoms with E-state index in [1.165, 1.54) is 31.2 Å². The molecule has 1 N–H and O–H groups in total. The normalized spacial score (nSPS) is 16.4. The van der Waals surface area contributed by atoms with E-state index in [0.29, 0.717) is 0 Å². The average molecular weight is 276 g/mol.